The predicted molar refractivity (Wildman–Crippen MR) is 80.3 cm³/mol. The van der Waals surface area contributed by atoms with E-state index < -0.39 is 41.9 Å². The molecule has 0 saturated heterocycles. The van der Waals surface area contributed by atoms with Crippen molar-refractivity contribution in [3.63, 3.8) is 0 Å². The summed E-state index contributed by atoms with van der Waals surface area (Å²) in [6.45, 7) is 3.78. The first kappa shape index (κ1) is 23.8. The molecule has 13 heteroatoms. The van der Waals surface area contributed by atoms with Crippen molar-refractivity contribution in [2.24, 2.45) is 0 Å². The van der Waals surface area contributed by atoms with Gasteiger partial charge in [-0.15, -0.1) is 0 Å². The summed E-state index contributed by atoms with van der Waals surface area (Å²) in [7, 11) is 0. The number of nitrogens with zero attached hydrogens (tertiary/aromatic N) is 1. The molecule has 0 saturated carbocycles. The number of amides is 1. The van der Waals surface area contributed by atoms with Gasteiger partial charge in [0.2, 0.25) is 0 Å². The Morgan fingerprint density at radius 3 is 2.19 bits per heavy atom. The standard InChI is InChI=1S/C13H24N2O11/c1-13(2,3)26-11(18)14-9(10(16)17)8-24-12(19)23-6-4-22-5-7-25-15(20)21/h9,20-21H,4-8H2,1-3H3,(H,14,18)(H,16,17). The lowest BCUT2D eigenvalue weighted by atomic mass is 10.2. The predicted octanol–water partition coefficient (Wildman–Crippen LogP) is 0.146. The minimum absolute atomic E-state index is 0.00305. The van der Waals surface area contributed by atoms with Crippen molar-refractivity contribution < 1.29 is 53.7 Å². The van der Waals surface area contributed by atoms with E-state index in [1.807, 2.05) is 0 Å². The quantitative estimate of drug-likeness (QED) is 0.216. The van der Waals surface area contributed by atoms with Crippen LogP contribution in [-0.2, 0) is 28.6 Å². The molecule has 0 aliphatic carbocycles. The van der Waals surface area contributed by atoms with Crippen LogP contribution in [0.15, 0.2) is 0 Å². The van der Waals surface area contributed by atoms with Gasteiger partial charge in [-0.25, -0.2) is 19.2 Å². The third-order valence-electron chi connectivity index (χ3n) is 2.24. The summed E-state index contributed by atoms with van der Waals surface area (Å²) in [5.41, 5.74) is -0.815. The van der Waals surface area contributed by atoms with Crippen LogP contribution in [-0.4, -0.2) is 83.8 Å². The number of nitrogens with one attached hydrogen (secondary N) is 1. The smallest absolute Gasteiger partial charge is 0.480 e. The molecule has 0 heterocycles. The molecule has 0 aromatic rings. The zero-order chi connectivity index (χ0) is 20.2. The molecule has 0 bridgehead atoms. The van der Waals surface area contributed by atoms with E-state index in [1.54, 1.807) is 20.8 Å². The highest BCUT2D eigenvalue weighted by Gasteiger charge is 2.25. The van der Waals surface area contributed by atoms with E-state index in [4.69, 9.17) is 25.0 Å². The van der Waals surface area contributed by atoms with Gasteiger partial charge in [0.05, 0.1) is 25.2 Å². The number of alkyl carbamates (subject to hydrolysis) is 1. The molecule has 0 spiro atoms. The molecule has 13 nitrogen and oxygen atoms in total. The van der Waals surface area contributed by atoms with E-state index in [1.165, 1.54) is 0 Å². The zero-order valence-electron chi connectivity index (χ0n) is 14.7. The lowest BCUT2D eigenvalue weighted by molar-refractivity contribution is -0.493. The van der Waals surface area contributed by atoms with Crippen LogP contribution in [0.25, 0.3) is 0 Å². The van der Waals surface area contributed by atoms with Gasteiger partial charge in [-0.05, 0) is 20.8 Å². The number of carbonyl (C=O) groups is 3. The molecule has 0 aliphatic heterocycles. The van der Waals surface area contributed by atoms with Crippen molar-refractivity contribution in [1.82, 2.24) is 10.7 Å². The fourth-order valence-electron chi connectivity index (χ4n) is 1.28. The molecule has 1 unspecified atom stereocenters. The first-order chi connectivity index (χ1) is 12.0. The number of hydrogen-bond acceptors (Lipinski definition) is 11. The summed E-state index contributed by atoms with van der Waals surface area (Å²) in [6, 6.07) is -1.51. The summed E-state index contributed by atoms with van der Waals surface area (Å²) >= 11 is 0. The van der Waals surface area contributed by atoms with Gasteiger partial charge in [-0.2, -0.15) is 0 Å². The van der Waals surface area contributed by atoms with E-state index in [9.17, 15) is 14.4 Å². The largest absolute Gasteiger partial charge is 0.508 e. The third kappa shape index (κ3) is 14.2. The molecule has 0 rings (SSSR count). The normalized spacial score (nSPS) is 12.4. The molecule has 0 fully saturated rings. The van der Waals surface area contributed by atoms with Crippen LogP contribution >= 0.6 is 0 Å². The second-order valence-corrected chi connectivity index (χ2v) is 5.64. The Bertz CT molecular complexity index is 450. The van der Waals surface area contributed by atoms with Crippen LogP contribution in [0.1, 0.15) is 20.8 Å². The van der Waals surface area contributed by atoms with Crippen LogP contribution in [0.5, 0.6) is 0 Å². The highest BCUT2D eigenvalue weighted by atomic mass is 17.1. The topological polar surface area (TPSA) is 173 Å². The van der Waals surface area contributed by atoms with Crippen LogP contribution in [0, 0.1) is 0 Å². The van der Waals surface area contributed by atoms with Crippen LogP contribution in [0.4, 0.5) is 9.59 Å². The van der Waals surface area contributed by atoms with Crippen molar-refractivity contribution in [2.75, 3.05) is 33.0 Å². The minimum atomic E-state index is -1.51. The van der Waals surface area contributed by atoms with Crippen molar-refractivity contribution in [3.8, 4) is 0 Å². The van der Waals surface area contributed by atoms with Gasteiger partial charge in [0.15, 0.2) is 6.04 Å². The van der Waals surface area contributed by atoms with Crippen molar-refractivity contribution >= 4 is 18.2 Å². The first-order valence-electron chi connectivity index (χ1n) is 7.41. The number of carboxylic acid groups (broad SMARTS) is 1. The Balaban J connectivity index is 3.97. The van der Waals surface area contributed by atoms with E-state index in [2.05, 4.69) is 19.6 Å². The van der Waals surface area contributed by atoms with Crippen LogP contribution < -0.4 is 5.32 Å². The van der Waals surface area contributed by atoms with Gasteiger partial charge in [-0.3, -0.25) is 10.4 Å². The monoisotopic (exact) mass is 384 g/mol. The van der Waals surface area contributed by atoms with Gasteiger partial charge in [0.25, 0.3) is 0 Å². The molecule has 1 amide bonds. The fourth-order valence-corrected chi connectivity index (χ4v) is 1.28. The maximum absolute atomic E-state index is 11.5. The molecule has 26 heavy (non-hydrogen) atoms. The first-order valence-corrected chi connectivity index (χ1v) is 7.41. The summed E-state index contributed by atoms with van der Waals surface area (Å²) < 4.78 is 19.0. The number of hydrogen-bond donors (Lipinski definition) is 4. The maximum atomic E-state index is 11.5. The molecular weight excluding hydrogens is 360 g/mol. The number of aliphatic carboxylic acids is 1. The van der Waals surface area contributed by atoms with Gasteiger partial charge < -0.3 is 29.4 Å². The van der Waals surface area contributed by atoms with Gasteiger partial charge in [0.1, 0.15) is 18.8 Å². The van der Waals surface area contributed by atoms with Crippen LogP contribution in [0.3, 0.4) is 0 Å². The molecule has 0 aliphatic rings. The Morgan fingerprint density at radius 1 is 1.04 bits per heavy atom. The molecule has 4 N–H and O–H groups in total. The molecule has 0 aromatic carbocycles. The molecule has 1 atom stereocenters. The van der Waals surface area contributed by atoms with Gasteiger partial charge >= 0.3 is 18.2 Å². The molecular formula is C13H24N2O11. The van der Waals surface area contributed by atoms with E-state index in [0.29, 0.717) is 0 Å². The Kier molecular flexibility index (Phi) is 11.2. The Hall–Kier alpha value is -2.19. The molecule has 0 aromatic heterocycles. The van der Waals surface area contributed by atoms with Crippen molar-refractivity contribution in [1.29, 1.82) is 0 Å². The van der Waals surface area contributed by atoms with Crippen molar-refractivity contribution in [2.45, 2.75) is 32.4 Å². The third-order valence-corrected chi connectivity index (χ3v) is 2.24. The lowest BCUT2D eigenvalue weighted by Gasteiger charge is -2.21. The zero-order valence-corrected chi connectivity index (χ0v) is 14.7. The van der Waals surface area contributed by atoms with E-state index in [-0.39, 0.29) is 26.4 Å². The highest BCUT2D eigenvalue weighted by Crippen LogP contribution is 2.07. The lowest BCUT2D eigenvalue weighted by Crippen LogP contribution is -2.46. The summed E-state index contributed by atoms with van der Waals surface area (Å²) in [5, 5.41) is 27.0. The Morgan fingerprint density at radius 2 is 1.65 bits per heavy atom. The van der Waals surface area contributed by atoms with E-state index in [0.717, 1.165) is 0 Å². The number of carbonyl (C=O) groups excluding carboxylic acids is 2. The number of carboxylic acids is 1. The maximum Gasteiger partial charge on any atom is 0.508 e. The average Bonchev–Trinajstić information content (AvgIpc) is 2.48. The summed E-state index contributed by atoms with van der Waals surface area (Å²) in [4.78, 5) is 38.1. The highest BCUT2D eigenvalue weighted by molar-refractivity contribution is 5.80. The van der Waals surface area contributed by atoms with Crippen molar-refractivity contribution in [3.05, 3.63) is 0 Å². The van der Waals surface area contributed by atoms with E-state index >= 15 is 0 Å². The summed E-state index contributed by atoms with van der Waals surface area (Å²) in [6.07, 6.45) is -2.12. The minimum Gasteiger partial charge on any atom is -0.480 e. The molecule has 0 radical (unpaired) electrons. The fraction of sp³-hybridized carbons (Fsp3) is 0.769. The second-order valence-electron chi connectivity index (χ2n) is 5.64. The SMILES string of the molecule is CC(C)(C)OC(=O)NC(COC(=O)OCCOCCON(O)O)C(=O)O. The Labute approximate surface area is 149 Å². The number of rotatable bonds is 11. The van der Waals surface area contributed by atoms with Crippen LogP contribution in [0.2, 0.25) is 0 Å². The average molecular weight is 384 g/mol. The summed E-state index contributed by atoms with van der Waals surface area (Å²) in [5.74, 6) is -1.42. The van der Waals surface area contributed by atoms with Gasteiger partial charge in [0, 0.05) is 0 Å². The number of ether oxygens (including phenoxy) is 4. The molecule has 152 valence electrons. The second kappa shape index (κ2) is 12.2. The van der Waals surface area contributed by atoms with Gasteiger partial charge in [-0.1, -0.05) is 0 Å².